The number of nitrogens with zero attached hydrogens (tertiary/aromatic N) is 2. The third kappa shape index (κ3) is 3.59. The van der Waals surface area contributed by atoms with E-state index in [9.17, 15) is 9.90 Å². The van der Waals surface area contributed by atoms with Crippen LogP contribution in [0.15, 0.2) is 30.3 Å². The maximum absolute atomic E-state index is 12.5. The molecule has 1 heterocycles. The lowest BCUT2D eigenvalue weighted by atomic mass is 9.93. The summed E-state index contributed by atoms with van der Waals surface area (Å²) in [4.78, 5) is 12.5. The minimum atomic E-state index is -0.860. The number of carbonyl (C=O) groups is 1. The lowest BCUT2D eigenvalue weighted by molar-refractivity contribution is 0.176. The van der Waals surface area contributed by atoms with E-state index < -0.39 is 5.54 Å². The molecule has 0 aliphatic heterocycles. The number of aliphatic hydroxyl groups excluding tert-OH is 1. The van der Waals surface area contributed by atoms with Crippen molar-refractivity contribution in [2.75, 3.05) is 11.9 Å². The Morgan fingerprint density at radius 1 is 1.29 bits per heavy atom. The number of aromatic nitrogens is 2. The van der Waals surface area contributed by atoms with Gasteiger partial charge in [0, 0.05) is 6.04 Å². The lowest BCUT2D eigenvalue weighted by Gasteiger charge is -2.29. The summed E-state index contributed by atoms with van der Waals surface area (Å²) in [5, 5.41) is 20.0. The van der Waals surface area contributed by atoms with Crippen molar-refractivity contribution in [3.05, 3.63) is 47.3 Å². The Kier molecular flexibility index (Phi) is 5.29. The number of hydrogen-bond acceptors (Lipinski definition) is 3. The zero-order valence-electron chi connectivity index (χ0n) is 14.9. The quantitative estimate of drug-likeness (QED) is 0.788. The van der Waals surface area contributed by atoms with Gasteiger partial charge in [-0.15, -0.1) is 0 Å². The fourth-order valence-corrected chi connectivity index (χ4v) is 2.75. The molecule has 2 amide bonds. The predicted octanol–water partition coefficient (Wildman–Crippen LogP) is 3.11. The van der Waals surface area contributed by atoms with E-state index in [0.717, 1.165) is 17.0 Å². The molecule has 0 bridgehead atoms. The smallest absolute Gasteiger partial charge is 0.320 e. The summed E-state index contributed by atoms with van der Waals surface area (Å²) in [6.45, 7) is 9.47. The molecule has 2 aromatic rings. The van der Waals surface area contributed by atoms with Gasteiger partial charge in [0.2, 0.25) is 0 Å². The van der Waals surface area contributed by atoms with Crippen LogP contribution in [0.4, 0.5) is 10.5 Å². The van der Waals surface area contributed by atoms with Crippen LogP contribution in [0.5, 0.6) is 0 Å². The molecule has 24 heavy (non-hydrogen) atoms. The van der Waals surface area contributed by atoms with E-state index in [-0.39, 0.29) is 18.7 Å². The normalized spacial score (nSPS) is 13.6. The Labute approximate surface area is 142 Å². The van der Waals surface area contributed by atoms with Gasteiger partial charge in [0.25, 0.3) is 0 Å². The number of aryl methyl sites for hydroxylation is 1. The number of amides is 2. The summed E-state index contributed by atoms with van der Waals surface area (Å²) in [6.07, 6.45) is 0. The van der Waals surface area contributed by atoms with Gasteiger partial charge in [0.1, 0.15) is 0 Å². The Balaban J connectivity index is 2.19. The van der Waals surface area contributed by atoms with Crippen LogP contribution in [0.2, 0.25) is 0 Å². The average Bonchev–Trinajstić information content (AvgIpc) is 2.84. The second kappa shape index (κ2) is 7.05. The molecule has 0 unspecified atom stereocenters. The zero-order chi connectivity index (χ0) is 17.9. The third-order valence-electron chi connectivity index (χ3n) is 4.17. The molecule has 130 valence electrons. The van der Waals surface area contributed by atoms with E-state index in [4.69, 9.17) is 0 Å². The van der Waals surface area contributed by atoms with Gasteiger partial charge in [-0.1, -0.05) is 30.3 Å². The standard InChI is InChI=1S/C18H26N4O2/c1-12(2)22-14(4)16(13(3)21-22)19-17(24)20-18(5,11-23)15-9-7-6-8-10-15/h6-10,12,23H,11H2,1-5H3,(H2,19,20,24)/t18-/m0/s1. The highest BCUT2D eigenvalue weighted by molar-refractivity contribution is 5.91. The van der Waals surface area contributed by atoms with Crippen LogP contribution in [0, 0.1) is 13.8 Å². The van der Waals surface area contributed by atoms with Crippen molar-refractivity contribution < 1.29 is 9.90 Å². The fourth-order valence-electron chi connectivity index (χ4n) is 2.75. The van der Waals surface area contributed by atoms with E-state index in [1.54, 1.807) is 6.92 Å². The minimum absolute atomic E-state index is 0.201. The van der Waals surface area contributed by atoms with Crippen LogP contribution in [0.3, 0.4) is 0 Å². The first-order chi connectivity index (χ1) is 11.3. The Hall–Kier alpha value is -2.34. The van der Waals surface area contributed by atoms with Gasteiger partial charge in [-0.3, -0.25) is 4.68 Å². The number of carbonyl (C=O) groups excluding carboxylic acids is 1. The van der Waals surface area contributed by atoms with Crippen molar-refractivity contribution in [2.24, 2.45) is 0 Å². The molecule has 0 radical (unpaired) electrons. The van der Waals surface area contributed by atoms with Crippen molar-refractivity contribution in [3.63, 3.8) is 0 Å². The van der Waals surface area contributed by atoms with Gasteiger partial charge >= 0.3 is 6.03 Å². The van der Waals surface area contributed by atoms with E-state index in [2.05, 4.69) is 15.7 Å². The zero-order valence-corrected chi connectivity index (χ0v) is 14.9. The van der Waals surface area contributed by atoms with Crippen LogP contribution in [0.25, 0.3) is 0 Å². The molecule has 0 fully saturated rings. The van der Waals surface area contributed by atoms with Gasteiger partial charge in [0.15, 0.2) is 0 Å². The van der Waals surface area contributed by atoms with Crippen molar-refractivity contribution >= 4 is 11.7 Å². The predicted molar refractivity (Wildman–Crippen MR) is 95.1 cm³/mol. The number of aliphatic hydroxyl groups is 1. The highest BCUT2D eigenvalue weighted by atomic mass is 16.3. The second-order valence-corrected chi connectivity index (χ2v) is 6.52. The number of rotatable bonds is 5. The van der Waals surface area contributed by atoms with E-state index >= 15 is 0 Å². The minimum Gasteiger partial charge on any atom is -0.394 e. The molecule has 3 N–H and O–H groups in total. The van der Waals surface area contributed by atoms with Crippen LogP contribution in [-0.4, -0.2) is 27.5 Å². The summed E-state index contributed by atoms with van der Waals surface area (Å²) in [6, 6.07) is 9.26. The SMILES string of the molecule is Cc1nn(C(C)C)c(C)c1NC(=O)N[C@@](C)(CO)c1ccccc1. The molecular weight excluding hydrogens is 304 g/mol. The van der Waals surface area contributed by atoms with E-state index in [1.165, 1.54) is 0 Å². The summed E-state index contributed by atoms with van der Waals surface area (Å²) in [7, 11) is 0. The molecule has 0 saturated heterocycles. The van der Waals surface area contributed by atoms with Gasteiger partial charge in [-0.2, -0.15) is 5.10 Å². The first-order valence-corrected chi connectivity index (χ1v) is 8.09. The van der Waals surface area contributed by atoms with Gasteiger partial charge in [-0.25, -0.2) is 4.79 Å². The first kappa shape index (κ1) is 18.0. The lowest BCUT2D eigenvalue weighted by Crippen LogP contribution is -2.48. The molecule has 0 spiro atoms. The molecule has 2 rings (SSSR count). The third-order valence-corrected chi connectivity index (χ3v) is 4.17. The van der Waals surface area contributed by atoms with Crippen LogP contribution in [-0.2, 0) is 5.54 Å². The molecule has 0 aliphatic carbocycles. The summed E-state index contributed by atoms with van der Waals surface area (Å²) in [5.41, 5.74) is 2.36. The maximum Gasteiger partial charge on any atom is 0.320 e. The molecule has 1 aromatic heterocycles. The number of benzene rings is 1. The Morgan fingerprint density at radius 3 is 2.42 bits per heavy atom. The Morgan fingerprint density at radius 2 is 1.92 bits per heavy atom. The van der Waals surface area contributed by atoms with Crippen molar-refractivity contribution in [1.82, 2.24) is 15.1 Å². The van der Waals surface area contributed by atoms with Crippen LogP contribution >= 0.6 is 0 Å². The monoisotopic (exact) mass is 330 g/mol. The molecule has 0 saturated carbocycles. The molecule has 1 atom stereocenters. The van der Waals surface area contributed by atoms with E-state index in [0.29, 0.717) is 5.69 Å². The highest BCUT2D eigenvalue weighted by Crippen LogP contribution is 2.24. The largest absolute Gasteiger partial charge is 0.394 e. The van der Waals surface area contributed by atoms with E-state index in [1.807, 2.05) is 62.7 Å². The van der Waals surface area contributed by atoms with Crippen LogP contribution < -0.4 is 10.6 Å². The first-order valence-electron chi connectivity index (χ1n) is 8.09. The number of anilines is 1. The summed E-state index contributed by atoms with van der Waals surface area (Å²) in [5.74, 6) is 0. The average molecular weight is 330 g/mol. The number of urea groups is 1. The van der Waals surface area contributed by atoms with Crippen LogP contribution in [0.1, 0.15) is 43.8 Å². The second-order valence-electron chi connectivity index (χ2n) is 6.52. The topological polar surface area (TPSA) is 79.2 Å². The maximum atomic E-state index is 12.5. The summed E-state index contributed by atoms with van der Waals surface area (Å²) >= 11 is 0. The van der Waals surface area contributed by atoms with Crippen molar-refractivity contribution in [3.8, 4) is 0 Å². The number of nitrogens with one attached hydrogen (secondary N) is 2. The molecule has 0 aliphatic rings. The summed E-state index contributed by atoms with van der Waals surface area (Å²) < 4.78 is 1.88. The van der Waals surface area contributed by atoms with Gasteiger partial charge in [-0.05, 0) is 40.2 Å². The molecular formula is C18H26N4O2. The van der Waals surface area contributed by atoms with Gasteiger partial charge in [0.05, 0.1) is 29.2 Å². The fraction of sp³-hybridized carbons (Fsp3) is 0.444. The highest BCUT2D eigenvalue weighted by Gasteiger charge is 2.28. The Bertz CT molecular complexity index is 709. The van der Waals surface area contributed by atoms with Gasteiger partial charge < -0.3 is 15.7 Å². The molecule has 6 nitrogen and oxygen atoms in total. The van der Waals surface area contributed by atoms with Crippen molar-refractivity contribution in [1.29, 1.82) is 0 Å². The number of hydrogen-bond donors (Lipinski definition) is 3. The molecule has 6 heteroatoms. The van der Waals surface area contributed by atoms with Crippen molar-refractivity contribution in [2.45, 2.75) is 46.2 Å². The molecule has 1 aromatic carbocycles.